The van der Waals surface area contributed by atoms with Gasteiger partial charge in [0.1, 0.15) is 0 Å². The van der Waals surface area contributed by atoms with Crippen molar-refractivity contribution in [1.29, 1.82) is 0 Å². The molecule has 23 heavy (non-hydrogen) atoms. The van der Waals surface area contributed by atoms with Crippen LogP contribution >= 0.6 is 0 Å². The number of nitrogens with zero attached hydrogens (tertiary/aromatic N) is 1. The van der Waals surface area contributed by atoms with Crippen LogP contribution in [-0.4, -0.2) is 24.4 Å². The lowest BCUT2D eigenvalue weighted by atomic mass is 9.68. The number of ether oxygens (including phenoxy) is 1. The van der Waals surface area contributed by atoms with Crippen LogP contribution in [0.3, 0.4) is 0 Å². The highest BCUT2D eigenvalue weighted by atomic mass is 16.5. The summed E-state index contributed by atoms with van der Waals surface area (Å²) in [6.45, 7) is 4.02. The standard InChI is InChI=1S/C18H21NO4/c1-3-23-18(22)13-10-9-11(2)14-15(13)17(21)19(16(14)20)12-7-5-4-6-8-12/h4-8,11,13-15H,3,9-10H2,1-2H3/t11-,13+,14-,15-/m0/s1. The zero-order chi connectivity index (χ0) is 16.6. The molecule has 0 unspecified atom stereocenters. The van der Waals surface area contributed by atoms with Crippen molar-refractivity contribution in [3.05, 3.63) is 30.3 Å². The molecule has 0 spiro atoms. The van der Waals surface area contributed by atoms with Gasteiger partial charge in [0.2, 0.25) is 11.8 Å². The molecule has 0 aromatic heterocycles. The highest BCUT2D eigenvalue weighted by Crippen LogP contribution is 2.46. The topological polar surface area (TPSA) is 63.7 Å². The lowest BCUT2D eigenvalue weighted by Crippen LogP contribution is -2.40. The number of hydrogen-bond donors (Lipinski definition) is 0. The largest absolute Gasteiger partial charge is 0.466 e. The van der Waals surface area contributed by atoms with Crippen LogP contribution < -0.4 is 4.90 Å². The summed E-state index contributed by atoms with van der Waals surface area (Å²) in [5, 5.41) is 0. The molecular weight excluding hydrogens is 294 g/mol. The SMILES string of the molecule is CCOC(=O)[C@@H]1CC[C@H](C)[C@@H]2C(=O)N(c3ccccc3)C(=O)[C@H]21. The van der Waals surface area contributed by atoms with Crippen LogP contribution in [0.2, 0.25) is 0 Å². The van der Waals surface area contributed by atoms with Gasteiger partial charge in [-0.1, -0.05) is 25.1 Å². The van der Waals surface area contributed by atoms with Crippen molar-refractivity contribution in [1.82, 2.24) is 0 Å². The molecule has 5 heteroatoms. The molecule has 0 N–H and O–H groups in total. The Hall–Kier alpha value is -2.17. The van der Waals surface area contributed by atoms with Crippen LogP contribution in [0, 0.1) is 23.7 Å². The van der Waals surface area contributed by atoms with Gasteiger partial charge in [0.15, 0.2) is 0 Å². The van der Waals surface area contributed by atoms with E-state index in [1.54, 1.807) is 31.2 Å². The van der Waals surface area contributed by atoms with Gasteiger partial charge in [0.05, 0.1) is 30.0 Å². The second kappa shape index (κ2) is 6.14. The summed E-state index contributed by atoms with van der Waals surface area (Å²) in [6.07, 6.45) is 1.36. The van der Waals surface area contributed by atoms with Gasteiger partial charge >= 0.3 is 5.97 Å². The van der Waals surface area contributed by atoms with E-state index in [4.69, 9.17) is 4.74 Å². The maximum atomic E-state index is 12.9. The number of carbonyl (C=O) groups excluding carboxylic acids is 3. The molecule has 4 atom stereocenters. The third kappa shape index (κ3) is 2.54. The number of amides is 2. The van der Waals surface area contributed by atoms with Gasteiger partial charge in [-0.15, -0.1) is 0 Å². The van der Waals surface area contributed by atoms with Crippen LogP contribution in [0.15, 0.2) is 30.3 Å². The molecule has 1 aromatic carbocycles. The minimum absolute atomic E-state index is 0.0934. The predicted octanol–water partition coefficient (Wildman–Crippen LogP) is 2.40. The molecule has 5 nitrogen and oxygen atoms in total. The fourth-order valence-corrected chi connectivity index (χ4v) is 3.88. The Morgan fingerprint density at radius 3 is 2.43 bits per heavy atom. The molecule has 0 radical (unpaired) electrons. The first-order chi connectivity index (χ1) is 11.1. The van der Waals surface area contributed by atoms with Crippen molar-refractivity contribution in [2.24, 2.45) is 23.7 Å². The van der Waals surface area contributed by atoms with E-state index in [1.807, 2.05) is 13.0 Å². The molecule has 2 fully saturated rings. The van der Waals surface area contributed by atoms with Gasteiger partial charge in [-0.05, 0) is 37.8 Å². The number of esters is 1. The third-order valence-corrected chi connectivity index (χ3v) is 4.98. The van der Waals surface area contributed by atoms with Crippen molar-refractivity contribution < 1.29 is 19.1 Å². The number of fused-ring (bicyclic) bond motifs is 1. The Morgan fingerprint density at radius 1 is 1.13 bits per heavy atom. The van der Waals surface area contributed by atoms with Gasteiger partial charge in [0.25, 0.3) is 0 Å². The van der Waals surface area contributed by atoms with Crippen LogP contribution in [0.25, 0.3) is 0 Å². The predicted molar refractivity (Wildman–Crippen MR) is 84.4 cm³/mol. The Bertz CT molecular complexity index is 627. The summed E-state index contributed by atoms with van der Waals surface area (Å²) in [7, 11) is 0. The fraction of sp³-hybridized carbons (Fsp3) is 0.500. The number of hydrogen-bond acceptors (Lipinski definition) is 4. The zero-order valence-corrected chi connectivity index (χ0v) is 13.4. The van der Waals surface area contributed by atoms with Crippen molar-refractivity contribution in [2.45, 2.75) is 26.7 Å². The number of imide groups is 1. The number of benzene rings is 1. The second-order valence-corrected chi connectivity index (χ2v) is 6.31. The average molecular weight is 315 g/mol. The average Bonchev–Trinajstić information content (AvgIpc) is 2.81. The molecule has 1 aliphatic carbocycles. The molecule has 1 aliphatic heterocycles. The van der Waals surface area contributed by atoms with E-state index >= 15 is 0 Å². The summed E-state index contributed by atoms with van der Waals surface area (Å²) in [6, 6.07) is 8.92. The van der Waals surface area contributed by atoms with Crippen LogP contribution in [0.5, 0.6) is 0 Å². The Kier molecular flexibility index (Phi) is 4.20. The van der Waals surface area contributed by atoms with Gasteiger partial charge < -0.3 is 4.74 Å². The van der Waals surface area contributed by atoms with Crippen LogP contribution in [0.1, 0.15) is 26.7 Å². The van der Waals surface area contributed by atoms with Crippen molar-refractivity contribution in [3.8, 4) is 0 Å². The molecule has 0 bridgehead atoms. The highest BCUT2D eigenvalue weighted by molar-refractivity contribution is 6.22. The van der Waals surface area contributed by atoms with Crippen molar-refractivity contribution >= 4 is 23.5 Å². The van der Waals surface area contributed by atoms with E-state index in [1.165, 1.54) is 4.90 Å². The van der Waals surface area contributed by atoms with Gasteiger partial charge in [-0.2, -0.15) is 0 Å². The lowest BCUT2D eigenvalue weighted by molar-refractivity contribution is -0.155. The quantitative estimate of drug-likeness (QED) is 0.635. The Balaban J connectivity index is 1.96. The highest BCUT2D eigenvalue weighted by Gasteiger charge is 2.57. The van der Waals surface area contributed by atoms with E-state index in [-0.39, 0.29) is 30.3 Å². The summed E-state index contributed by atoms with van der Waals surface area (Å²) >= 11 is 0. The third-order valence-electron chi connectivity index (χ3n) is 4.98. The summed E-state index contributed by atoms with van der Waals surface area (Å²) in [4.78, 5) is 39.2. The molecule has 2 amide bonds. The molecule has 2 aliphatic rings. The molecular formula is C18H21NO4. The van der Waals surface area contributed by atoms with E-state index in [9.17, 15) is 14.4 Å². The van der Waals surface area contributed by atoms with E-state index in [2.05, 4.69) is 0 Å². The first-order valence-corrected chi connectivity index (χ1v) is 8.15. The Morgan fingerprint density at radius 2 is 1.78 bits per heavy atom. The van der Waals surface area contributed by atoms with E-state index < -0.39 is 17.8 Å². The monoisotopic (exact) mass is 315 g/mol. The van der Waals surface area contributed by atoms with Gasteiger partial charge in [0, 0.05) is 0 Å². The normalized spacial score (nSPS) is 30.3. The number of rotatable bonds is 3. The first kappa shape index (κ1) is 15.7. The first-order valence-electron chi connectivity index (χ1n) is 8.15. The smallest absolute Gasteiger partial charge is 0.309 e. The van der Waals surface area contributed by atoms with E-state index in [0.29, 0.717) is 12.1 Å². The molecule has 3 rings (SSSR count). The molecule has 122 valence electrons. The van der Waals surface area contributed by atoms with Crippen LogP contribution in [0.4, 0.5) is 5.69 Å². The van der Waals surface area contributed by atoms with Crippen molar-refractivity contribution in [3.63, 3.8) is 0 Å². The Labute approximate surface area is 135 Å². The number of carbonyl (C=O) groups is 3. The molecule has 1 aromatic rings. The molecule has 1 saturated carbocycles. The zero-order valence-electron chi connectivity index (χ0n) is 13.4. The summed E-state index contributed by atoms with van der Waals surface area (Å²) in [5.74, 6) is -2.25. The van der Waals surface area contributed by atoms with Gasteiger partial charge in [-0.3, -0.25) is 19.3 Å². The second-order valence-electron chi connectivity index (χ2n) is 6.31. The minimum Gasteiger partial charge on any atom is -0.466 e. The molecule has 1 heterocycles. The van der Waals surface area contributed by atoms with Gasteiger partial charge in [-0.25, -0.2) is 0 Å². The maximum Gasteiger partial charge on any atom is 0.309 e. The lowest BCUT2D eigenvalue weighted by Gasteiger charge is -2.33. The molecule has 1 saturated heterocycles. The maximum absolute atomic E-state index is 12.9. The van der Waals surface area contributed by atoms with Crippen molar-refractivity contribution in [2.75, 3.05) is 11.5 Å². The summed E-state index contributed by atoms with van der Waals surface area (Å²) < 4.78 is 5.13. The summed E-state index contributed by atoms with van der Waals surface area (Å²) in [5.41, 5.74) is 0.576. The van der Waals surface area contributed by atoms with Crippen LogP contribution in [-0.2, 0) is 19.1 Å². The minimum atomic E-state index is -0.592. The van der Waals surface area contributed by atoms with E-state index in [0.717, 1.165) is 6.42 Å². The number of anilines is 1. The number of para-hydroxylation sites is 1. The fourth-order valence-electron chi connectivity index (χ4n) is 3.88.